The average Bonchev–Trinajstić information content (AvgIpc) is 2.41. The van der Waals surface area contributed by atoms with Gasteiger partial charge in [0.1, 0.15) is 0 Å². The van der Waals surface area contributed by atoms with Crippen LogP contribution < -0.4 is 10.6 Å². The van der Waals surface area contributed by atoms with Gasteiger partial charge >= 0.3 is 6.03 Å². The number of nitrogens with one attached hydrogen (secondary N) is 2. The van der Waals surface area contributed by atoms with E-state index in [1.165, 1.54) is 0 Å². The highest BCUT2D eigenvalue weighted by Gasteiger charge is 2.25. The Morgan fingerprint density at radius 2 is 1.81 bits per heavy atom. The summed E-state index contributed by atoms with van der Waals surface area (Å²) in [5.74, 6) is 0.652. The van der Waals surface area contributed by atoms with Crippen molar-refractivity contribution >= 4 is 11.9 Å². The number of urea groups is 1. The second kappa shape index (κ2) is 8.25. The molecule has 0 aromatic rings. The zero-order valence-corrected chi connectivity index (χ0v) is 14.0. The predicted octanol–water partition coefficient (Wildman–Crippen LogP) is 2.51. The summed E-state index contributed by atoms with van der Waals surface area (Å²) in [5, 5.41) is 6.01. The number of hydrogen-bond donors (Lipinski definition) is 2. The minimum atomic E-state index is -0.193. The Labute approximate surface area is 128 Å². The molecule has 0 unspecified atom stereocenters. The quantitative estimate of drug-likeness (QED) is 0.819. The summed E-state index contributed by atoms with van der Waals surface area (Å²) < 4.78 is 0. The Balaban J connectivity index is 2.23. The van der Waals surface area contributed by atoms with Crippen molar-refractivity contribution in [1.82, 2.24) is 15.5 Å². The molecule has 5 heteroatoms. The minimum absolute atomic E-state index is 0.0212. The molecule has 0 aromatic heterocycles. The van der Waals surface area contributed by atoms with E-state index in [4.69, 9.17) is 0 Å². The first kappa shape index (κ1) is 17.8. The van der Waals surface area contributed by atoms with E-state index in [0.29, 0.717) is 12.3 Å². The van der Waals surface area contributed by atoms with E-state index in [1.54, 1.807) is 0 Å². The Bertz CT molecular complexity index is 342. The fraction of sp³-hybridized carbons (Fsp3) is 0.875. The van der Waals surface area contributed by atoms with Gasteiger partial charge in [-0.3, -0.25) is 4.79 Å². The lowest BCUT2D eigenvalue weighted by Crippen LogP contribution is -2.51. The molecule has 0 bridgehead atoms. The molecule has 5 nitrogen and oxygen atoms in total. The first-order valence-corrected chi connectivity index (χ1v) is 8.15. The largest absolute Gasteiger partial charge is 0.356 e. The SMILES string of the molecule is CCCCC(=O)NCC1CCN(C(=O)NC(C)(C)C)CC1. The van der Waals surface area contributed by atoms with Gasteiger partial charge in [0.05, 0.1) is 0 Å². The van der Waals surface area contributed by atoms with Crippen LogP contribution in [0.25, 0.3) is 0 Å². The van der Waals surface area contributed by atoms with Crippen molar-refractivity contribution in [3.8, 4) is 0 Å². The molecule has 0 atom stereocenters. The average molecular weight is 297 g/mol. The van der Waals surface area contributed by atoms with Gasteiger partial charge in [0.15, 0.2) is 0 Å². The van der Waals surface area contributed by atoms with Crippen molar-refractivity contribution < 1.29 is 9.59 Å². The smallest absolute Gasteiger partial charge is 0.317 e. The third kappa shape index (κ3) is 7.34. The number of nitrogens with zero attached hydrogens (tertiary/aromatic N) is 1. The summed E-state index contributed by atoms with van der Waals surface area (Å²) in [6.45, 7) is 10.4. The van der Waals surface area contributed by atoms with Crippen LogP contribution in [0.2, 0.25) is 0 Å². The maximum absolute atomic E-state index is 12.0. The maximum Gasteiger partial charge on any atom is 0.317 e. The lowest BCUT2D eigenvalue weighted by atomic mass is 9.97. The molecule has 1 aliphatic heterocycles. The molecule has 1 aliphatic rings. The normalized spacial score (nSPS) is 16.7. The molecule has 0 spiro atoms. The second-order valence-electron chi connectivity index (χ2n) is 7.02. The standard InChI is InChI=1S/C16H31N3O2/c1-5-6-7-14(20)17-12-13-8-10-19(11-9-13)15(21)18-16(2,3)4/h13H,5-12H2,1-4H3,(H,17,20)(H,18,21). The molecule has 0 aliphatic carbocycles. The number of piperidine rings is 1. The van der Waals surface area contributed by atoms with Gasteiger partial charge in [0, 0.05) is 31.6 Å². The van der Waals surface area contributed by atoms with Crippen molar-refractivity contribution in [2.24, 2.45) is 5.92 Å². The summed E-state index contributed by atoms with van der Waals surface area (Å²) in [6.07, 6.45) is 4.56. The molecular weight excluding hydrogens is 266 g/mol. The Morgan fingerprint density at radius 3 is 2.33 bits per heavy atom. The molecule has 122 valence electrons. The highest BCUT2D eigenvalue weighted by atomic mass is 16.2. The Hall–Kier alpha value is -1.26. The lowest BCUT2D eigenvalue weighted by Gasteiger charge is -2.34. The second-order valence-corrected chi connectivity index (χ2v) is 7.02. The number of unbranched alkanes of at least 4 members (excludes halogenated alkanes) is 1. The van der Waals surface area contributed by atoms with Crippen LogP contribution in [-0.4, -0.2) is 42.0 Å². The lowest BCUT2D eigenvalue weighted by molar-refractivity contribution is -0.121. The minimum Gasteiger partial charge on any atom is -0.356 e. The molecule has 0 aromatic carbocycles. The molecule has 1 rings (SSSR count). The molecular formula is C16H31N3O2. The topological polar surface area (TPSA) is 61.4 Å². The van der Waals surface area contributed by atoms with E-state index < -0.39 is 0 Å². The van der Waals surface area contributed by atoms with Gasteiger partial charge in [0.2, 0.25) is 5.91 Å². The van der Waals surface area contributed by atoms with Crippen LogP contribution in [0.1, 0.15) is 59.8 Å². The van der Waals surface area contributed by atoms with E-state index in [2.05, 4.69) is 17.6 Å². The van der Waals surface area contributed by atoms with Crippen molar-refractivity contribution in [2.45, 2.75) is 65.3 Å². The zero-order valence-electron chi connectivity index (χ0n) is 14.0. The molecule has 1 saturated heterocycles. The number of carbonyl (C=O) groups excluding carboxylic acids is 2. The zero-order chi connectivity index (χ0) is 15.9. The van der Waals surface area contributed by atoms with Crippen LogP contribution >= 0.6 is 0 Å². The van der Waals surface area contributed by atoms with Gasteiger partial charge < -0.3 is 15.5 Å². The monoisotopic (exact) mass is 297 g/mol. The predicted molar refractivity (Wildman–Crippen MR) is 85.1 cm³/mol. The fourth-order valence-corrected chi connectivity index (χ4v) is 2.42. The van der Waals surface area contributed by atoms with Crippen molar-refractivity contribution in [3.05, 3.63) is 0 Å². The van der Waals surface area contributed by atoms with E-state index in [9.17, 15) is 9.59 Å². The molecule has 21 heavy (non-hydrogen) atoms. The molecule has 0 saturated carbocycles. The van der Waals surface area contributed by atoms with Gasteiger partial charge in [-0.25, -0.2) is 4.79 Å². The van der Waals surface area contributed by atoms with Crippen LogP contribution in [0.5, 0.6) is 0 Å². The highest BCUT2D eigenvalue weighted by molar-refractivity contribution is 5.76. The van der Waals surface area contributed by atoms with E-state index in [-0.39, 0.29) is 17.5 Å². The Morgan fingerprint density at radius 1 is 1.19 bits per heavy atom. The van der Waals surface area contributed by atoms with Crippen LogP contribution in [0.4, 0.5) is 4.79 Å². The van der Waals surface area contributed by atoms with Crippen molar-refractivity contribution in [2.75, 3.05) is 19.6 Å². The molecule has 1 heterocycles. The summed E-state index contributed by atoms with van der Waals surface area (Å²) in [7, 11) is 0. The molecule has 3 amide bonds. The van der Waals surface area contributed by atoms with E-state index >= 15 is 0 Å². The van der Waals surface area contributed by atoms with Crippen molar-refractivity contribution in [1.29, 1.82) is 0 Å². The number of rotatable bonds is 5. The third-order valence-electron chi connectivity index (χ3n) is 3.73. The third-order valence-corrected chi connectivity index (χ3v) is 3.73. The molecule has 2 N–H and O–H groups in total. The molecule has 0 radical (unpaired) electrons. The number of amides is 3. The van der Waals surface area contributed by atoms with Crippen LogP contribution in [-0.2, 0) is 4.79 Å². The first-order chi connectivity index (χ1) is 9.81. The van der Waals surface area contributed by atoms with Crippen LogP contribution in [0.3, 0.4) is 0 Å². The van der Waals surface area contributed by atoms with Crippen LogP contribution in [0.15, 0.2) is 0 Å². The van der Waals surface area contributed by atoms with E-state index in [1.807, 2.05) is 25.7 Å². The van der Waals surface area contributed by atoms with Crippen LogP contribution in [0, 0.1) is 5.92 Å². The fourth-order valence-electron chi connectivity index (χ4n) is 2.42. The number of carbonyl (C=O) groups is 2. The van der Waals surface area contributed by atoms with Gasteiger partial charge in [-0.2, -0.15) is 0 Å². The number of likely N-dealkylation sites (tertiary alicyclic amines) is 1. The van der Waals surface area contributed by atoms with Gasteiger partial charge in [0.25, 0.3) is 0 Å². The summed E-state index contributed by atoms with van der Waals surface area (Å²) in [6, 6.07) is 0.0212. The van der Waals surface area contributed by atoms with Gasteiger partial charge in [-0.05, 0) is 46.0 Å². The van der Waals surface area contributed by atoms with Gasteiger partial charge in [-0.1, -0.05) is 13.3 Å². The summed E-state index contributed by atoms with van der Waals surface area (Å²) in [4.78, 5) is 25.5. The molecule has 1 fully saturated rings. The summed E-state index contributed by atoms with van der Waals surface area (Å²) in [5.41, 5.74) is -0.193. The first-order valence-electron chi connectivity index (χ1n) is 8.15. The highest BCUT2D eigenvalue weighted by Crippen LogP contribution is 2.17. The van der Waals surface area contributed by atoms with E-state index in [0.717, 1.165) is 45.3 Å². The summed E-state index contributed by atoms with van der Waals surface area (Å²) >= 11 is 0. The Kier molecular flexibility index (Phi) is 6.99. The maximum atomic E-state index is 12.0. The van der Waals surface area contributed by atoms with Crippen molar-refractivity contribution in [3.63, 3.8) is 0 Å². The van der Waals surface area contributed by atoms with Gasteiger partial charge in [-0.15, -0.1) is 0 Å². The number of hydrogen-bond acceptors (Lipinski definition) is 2.